The van der Waals surface area contributed by atoms with Crippen molar-refractivity contribution < 1.29 is 55.6 Å². The molecule has 0 atom stereocenters. The molecule has 10 nitrogen and oxygen atoms in total. The van der Waals surface area contributed by atoms with Gasteiger partial charge in [0.2, 0.25) is 17.2 Å². The largest absolute Gasteiger partial charge is 0.506 e. The van der Waals surface area contributed by atoms with Crippen LogP contribution in [0.25, 0.3) is 20.4 Å². The minimum Gasteiger partial charge on any atom is -0.506 e. The summed E-state index contributed by atoms with van der Waals surface area (Å²) < 4.78 is 103. The van der Waals surface area contributed by atoms with E-state index in [2.05, 4.69) is 20.6 Å². The minimum atomic E-state index is -6.06. The molecule has 0 bridgehead atoms. The number of ether oxygens (including phenoxy) is 2. The Hall–Kier alpha value is -4.92. The molecule has 0 saturated carbocycles. The number of hydrogen-bond donors (Lipinski definition) is 4. The van der Waals surface area contributed by atoms with E-state index >= 15 is 0 Å². The van der Waals surface area contributed by atoms with Gasteiger partial charge in [0, 0.05) is 0 Å². The van der Waals surface area contributed by atoms with Crippen molar-refractivity contribution in [3.8, 4) is 23.0 Å². The molecule has 300 valence electrons. The second kappa shape index (κ2) is 16.9. The topological polar surface area (TPSA) is 143 Å². The minimum absolute atomic E-state index is 0.243. The molecule has 0 aliphatic heterocycles. The van der Waals surface area contributed by atoms with E-state index in [0.29, 0.717) is 56.6 Å². The van der Waals surface area contributed by atoms with Gasteiger partial charge in [-0.25, -0.2) is 9.97 Å². The molecule has 0 aliphatic carbocycles. The molecule has 0 spiro atoms. The van der Waals surface area contributed by atoms with Gasteiger partial charge in [-0.1, -0.05) is 35.7 Å². The van der Waals surface area contributed by atoms with Crippen molar-refractivity contribution in [2.24, 2.45) is 0 Å². The van der Waals surface area contributed by atoms with E-state index in [9.17, 15) is 46.1 Å². The van der Waals surface area contributed by atoms with Crippen molar-refractivity contribution in [3.05, 3.63) is 83.9 Å². The highest BCUT2D eigenvalue weighted by atomic mass is 32.2. The van der Waals surface area contributed by atoms with E-state index in [-0.39, 0.29) is 23.6 Å². The van der Waals surface area contributed by atoms with Gasteiger partial charge in [-0.3, -0.25) is 9.59 Å². The molecule has 0 saturated heterocycles. The number of thiazole rings is 2. The zero-order chi connectivity index (χ0) is 41.1. The number of fused-ring (bicyclic) bond motifs is 2. The van der Waals surface area contributed by atoms with Gasteiger partial charge < -0.3 is 30.3 Å². The van der Waals surface area contributed by atoms with Crippen LogP contribution in [0.3, 0.4) is 0 Å². The summed E-state index contributed by atoms with van der Waals surface area (Å²) >= 11 is 4.65. The van der Waals surface area contributed by atoms with E-state index < -0.39 is 63.6 Å². The number of anilines is 2. The summed E-state index contributed by atoms with van der Waals surface area (Å²) in [5.74, 6) is -2.77. The molecular formula is C37H30F6N4O6S4. The van der Waals surface area contributed by atoms with Crippen LogP contribution in [0.2, 0.25) is 0 Å². The number of carbonyl (C=O) groups excluding carboxylic acids is 2. The lowest BCUT2D eigenvalue weighted by atomic mass is 9.72. The monoisotopic (exact) mass is 868 g/mol. The van der Waals surface area contributed by atoms with Crippen molar-refractivity contribution in [3.63, 3.8) is 0 Å². The van der Waals surface area contributed by atoms with Crippen LogP contribution in [0.5, 0.6) is 23.0 Å². The summed E-state index contributed by atoms with van der Waals surface area (Å²) in [6, 6.07) is 13.5. The molecule has 4 N–H and O–H groups in total. The van der Waals surface area contributed by atoms with Gasteiger partial charge in [-0.05, 0) is 85.6 Å². The maximum absolute atomic E-state index is 14.9. The maximum Gasteiger partial charge on any atom is 0.411 e. The average molecular weight is 869 g/mol. The first kappa shape index (κ1) is 41.7. The SMILES string of the molecule is CCOc1ccc2nc(SCC(=O)Nc3ccc(C(c4ccc(NC(=O)CSc5nc6ccc(OCC)cc6s5)c(O)c4)(C(F)(F)F)C(F)(F)F)cc3O)sc2c1. The summed E-state index contributed by atoms with van der Waals surface area (Å²) in [6.45, 7) is 4.62. The van der Waals surface area contributed by atoms with Crippen LogP contribution in [0.15, 0.2) is 81.5 Å². The van der Waals surface area contributed by atoms with Crippen LogP contribution in [0.4, 0.5) is 37.7 Å². The Bertz CT molecular complexity index is 2270. The summed E-state index contributed by atoms with van der Waals surface area (Å²) in [5, 5.41) is 25.9. The first-order valence-corrected chi connectivity index (χ1v) is 20.3. The Morgan fingerprint density at radius 3 is 1.40 bits per heavy atom. The molecular weight excluding hydrogens is 839 g/mol. The third-order valence-corrected chi connectivity index (χ3v) is 12.5. The lowest BCUT2D eigenvalue weighted by Crippen LogP contribution is -2.54. The third-order valence-electron chi connectivity index (χ3n) is 8.22. The van der Waals surface area contributed by atoms with Gasteiger partial charge in [0.15, 0.2) is 8.68 Å². The molecule has 0 aliphatic rings. The number of benzene rings is 4. The van der Waals surface area contributed by atoms with Gasteiger partial charge >= 0.3 is 12.4 Å². The number of thioether (sulfide) groups is 2. The number of nitrogens with zero attached hydrogens (tertiary/aromatic N) is 2. The van der Waals surface area contributed by atoms with Crippen molar-refractivity contribution >= 4 is 89.8 Å². The zero-order valence-corrected chi connectivity index (χ0v) is 32.8. The van der Waals surface area contributed by atoms with Crippen molar-refractivity contribution in [2.75, 3.05) is 35.4 Å². The Balaban J connectivity index is 1.17. The summed E-state index contributed by atoms with van der Waals surface area (Å²) in [6.07, 6.45) is -12.1. The number of alkyl halides is 6. The molecule has 4 aromatic carbocycles. The number of aromatic nitrogens is 2. The van der Waals surface area contributed by atoms with Gasteiger partial charge in [-0.15, -0.1) is 22.7 Å². The number of phenolic OH excluding ortho intramolecular Hbond substituents is 2. The smallest absolute Gasteiger partial charge is 0.411 e. The number of hydrogen-bond acceptors (Lipinski definition) is 12. The van der Waals surface area contributed by atoms with E-state index in [1.165, 1.54) is 22.7 Å². The Labute approximate surface area is 336 Å². The molecule has 6 aromatic rings. The fourth-order valence-corrected chi connectivity index (χ4v) is 9.55. The van der Waals surface area contributed by atoms with Crippen LogP contribution in [-0.4, -0.2) is 69.1 Å². The maximum atomic E-state index is 14.9. The zero-order valence-electron chi connectivity index (χ0n) is 29.6. The van der Waals surface area contributed by atoms with Crippen LogP contribution < -0.4 is 20.1 Å². The van der Waals surface area contributed by atoms with E-state index in [0.717, 1.165) is 45.1 Å². The van der Waals surface area contributed by atoms with Gasteiger partial charge in [0.1, 0.15) is 23.0 Å². The highest BCUT2D eigenvalue weighted by Crippen LogP contribution is 2.57. The molecule has 0 unspecified atom stereocenters. The van der Waals surface area contributed by atoms with Crippen molar-refractivity contribution in [2.45, 2.75) is 40.3 Å². The first-order valence-electron chi connectivity index (χ1n) is 16.7. The predicted octanol–water partition coefficient (Wildman–Crippen LogP) is 9.99. The Morgan fingerprint density at radius 1 is 0.649 bits per heavy atom. The number of phenols is 2. The quantitative estimate of drug-likeness (QED) is 0.0475. The van der Waals surface area contributed by atoms with Gasteiger partial charge in [-0.2, -0.15) is 26.3 Å². The molecule has 20 heteroatoms. The molecule has 2 aromatic heterocycles. The molecule has 2 amide bonds. The standard InChI is InChI=1S/C37H30F6N4O6S4/c1-3-52-21-7-11-25-29(15-21)56-33(46-25)54-17-31(50)44-23-9-5-19(13-27(23)48)35(36(38,39)40,37(41,42)43)20-6-10-24(28(49)14-20)45-32(51)18-55-34-47-26-12-8-22(53-4-2)16-30(26)57-34/h5-16,48-49H,3-4,17-18H2,1-2H3,(H,44,50)(H,45,51). The summed E-state index contributed by atoms with van der Waals surface area (Å²) in [4.78, 5) is 34.3. The third kappa shape index (κ3) is 8.98. The van der Waals surface area contributed by atoms with Crippen LogP contribution in [-0.2, 0) is 15.0 Å². The highest BCUT2D eigenvalue weighted by Gasteiger charge is 2.72. The number of nitrogens with one attached hydrogen (secondary N) is 2. The highest BCUT2D eigenvalue weighted by molar-refractivity contribution is 8.02. The lowest BCUT2D eigenvalue weighted by molar-refractivity contribution is -0.288. The average Bonchev–Trinajstić information content (AvgIpc) is 3.74. The molecule has 57 heavy (non-hydrogen) atoms. The number of rotatable bonds is 14. The molecule has 0 radical (unpaired) electrons. The van der Waals surface area contributed by atoms with Crippen molar-refractivity contribution in [1.82, 2.24) is 9.97 Å². The summed E-state index contributed by atoms with van der Waals surface area (Å²) in [7, 11) is 0. The summed E-state index contributed by atoms with van der Waals surface area (Å²) in [5.41, 5.74) is -7.18. The van der Waals surface area contributed by atoms with E-state index in [4.69, 9.17) is 9.47 Å². The number of halogens is 6. The molecule has 2 heterocycles. The molecule has 0 fully saturated rings. The van der Waals surface area contributed by atoms with Gasteiger partial charge in [0.25, 0.3) is 0 Å². The first-order chi connectivity index (χ1) is 27.0. The number of carbonyl (C=O) groups is 2. The molecule has 6 rings (SSSR count). The van der Waals surface area contributed by atoms with E-state index in [1.54, 1.807) is 36.4 Å². The van der Waals surface area contributed by atoms with Gasteiger partial charge in [0.05, 0.1) is 56.5 Å². The predicted molar refractivity (Wildman–Crippen MR) is 209 cm³/mol. The van der Waals surface area contributed by atoms with Crippen molar-refractivity contribution in [1.29, 1.82) is 0 Å². The Morgan fingerprint density at radius 2 is 1.05 bits per heavy atom. The number of aromatic hydroxyl groups is 2. The lowest BCUT2D eigenvalue weighted by Gasteiger charge is -2.38. The van der Waals surface area contributed by atoms with E-state index in [1.807, 2.05) is 13.8 Å². The van der Waals surface area contributed by atoms with Crippen LogP contribution >= 0.6 is 46.2 Å². The number of amides is 2. The second-order valence-electron chi connectivity index (χ2n) is 12.0. The fourth-order valence-electron chi connectivity index (χ4n) is 5.75. The van der Waals surface area contributed by atoms with Crippen LogP contribution in [0, 0.1) is 0 Å². The second-order valence-corrected chi connectivity index (χ2v) is 16.5. The Kier molecular flexibility index (Phi) is 12.4. The fraction of sp³-hybridized carbons (Fsp3) is 0.243. The normalized spacial score (nSPS) is 12.2. The van der Waals surface area contributed by atoms with Crippen LogP contribution in [0.1, 0.15) is 25.0 Å².